The van der Waals surface area contributed by atoms with Crippen molar-refractivity contribution in [2.45, 2.75) is 9.79 Å². The van der Waals surface area contributed by atoms with E-state index in [1.165, 1.54) is 16.7 Å². The minimum Gasteiger partial charge on any atom is -0.486 e. The number of rotatable bonds is 5. The predicted molar refractivity (Wildman–Crippen MR) is 95.0 cm³/mol. The highest BCUT2D eigenvalue weighted by atomic mass is 32.2. The molecule has 0 aliphatic carbocycles. The number of carbonyl (C=O) groups is 1. The molecule has 4 nitrogen and oxygen atoms in total. The van der Waals surface area contributed by atoms with E-state index in [0.29, 0.717) is 19.0 Å². The topological polar surface area (TPSA) is 47.6 Å². The molecule has 2 aromatic carbocycles. The smallest absolute Gasteiger partial charge is 0.234 e. The number of thioether (sulfide) groups is 2. The molecule has 1 N–H and O–H groups in total. The summed E-state index contributed by atoms with van der Waals surface area (Å²) in [6.45, 7) is 1.14. The third-order valence-electron chi connectivity index (χ3n) is 3.26. The highest BCUT2D eigenvalue weighted by Crippen LogP contribution is 2.34. The van der Waals surface area contributed by atoms with Crippen LogP contribution in [0.15, 0.2) is 52.3 Å². The summed E-state index contributed by atoms with van der Waals surface area (Å²) in [6.07, 6.45) is 2.03. The number of hydrogen-bond donors (Lipinski definition) is 1. The van der Waals surface area contributed by atoms with E-state index in [0.717, 1.165) is 22.1 Å². The van der Waals surface area contributed by atoms with Crippen LogP contribution in [0.1, 0.15) is 0 Å². The van der Waals surface area contributed by atoms with Crippen LogP contribution in [0.2, 0.25) is 0 Å². The molecule has 120 valence electrons. The fourth-order valence-corrected chi connectivity index (χ4v) is 3.27. The predicted octanol–water partition coefficient (Wildman–Crippen LogP) is 3.91. The van der Waals surface area contributed by atoms with Crippen molar-refractivity contribution in [2.24, 2.45) is 0 Å². The van der Waals surface area contributed by atoms with E-state index in [9.17, 15) is 4.79 Å². The van der Waals surface area contributed by atoms with Crippen LogP contribution in [0.4, 0.5) is 5.69 Å². The molecule has 1 aliphatic heterocycles. The lowest BCUT2D eigenvalue weighted by atomic mass is 10.3. The zero-order valence-corrected chi connectivity index (χ0v) is 14.3. The van der Waals surface area contributed by atoms with E-state index in [1.54, 1.807) is 11.8 Å². The van der Waals surface area contributed by atoms with Crippen molar-refractivity contribution in [3.8, 4) is 11.5 Å². The molecule has 23 heavy (non-hydrogen) atoms. The fraction of sp³-hybridized carbons (Fsp3) is 0.235. The highest BCUT2D eigenvalue weighted by Gasteiger charge is 2.12. The van der Waals surface area contributed by atoms with Gasteiger partial charge in [-0.25, -0.2) is 0 Å². The molecule has 1 aliphatic rings. The Hall–Kier alpha value is -1.79. The van der Waals surface area contributed by atoms with Gasteiger partial charge < -0.3 is 14.8 Å². The first-order chi connectivity index (χ1) is 11.2. The molecule has 0 aromatic heterocycles. The van der Waals surface area contributed by atoms with Gasteiger partial charge in [-0.05, 0) is 48.7 Å². The van der Waals surface area contributed by atoms with Crippen LogP contribution in [0, 0.1) is 0 Å². The van der Waals surface area contributed by atoms with E-state index in [4.69, 9.17) is 9.47 Å². The number of benzene rings is 2. The normalized spacial score (nSPS) is 12.7. The van der Waals surface area contributed by atoms with E-state index in [1.807, 2.05) is 48.7 Å². The molecule has 3 rings (SSSR count). The Balaban J connectivity index is 1.54. The third kappa shape index (κ3) is 4.36. The highest BCUT2D eigenvalue weighted by molar-refractivity contribution is 8.00. The van der Waals surface area contributed by atoms with Crippen LogP contribution in [-0.2, 0) is 4.79 Å². The van der Waals surface area contributed by atoms with Crippen LogP contribution >= 0.6 is 23.5 Å². The van der Waals surface area contributed by atoms with Gasteiger partial charge in [-0.1, -0.05) is 0 Å². The lowest BCUT2D eigenvalue weighted by molar-refractivity contribution is -0.113. The van der Waals surface area contributed by atoms with E-state index >= 15 is 0 Å². The van der Waals surface area contributed by atoms with Gasteiger partial charge >= 0.3 is 0 Å². The number of ether oxygens (including phenoxy) is 2. The Kier molecular flexibility index (Phi) is 5.35. The van der Waals surface area contributed by atoms with E-state index < -0.39 is 0 Å². The second-order valence-corrected chi connectivity index (χ2v) is 6.80. The molecule has 0 saturated carbocycles. The summed E-state index contributed by atoms with van der Waals surface area (Å²) in [7, 11) is 0. The van der Waals surface area contributed by atoms with Crippen LogP contribution < -0.4 is 14.8 Å². The van der Waals surface area contributed by atoms with Crippen LogP contribution in [-0.4, -0.2) is 31.1 Å². The third-order valence-corrected chi connectivity index (χ3v) is 4.99. The van der Waals surface area contributed by atoms with Gasteiger partial charge in [-0.15, -0.1) is 23.5 Å². The first kappa shape index (κ1) is 16.1. The van der Waals surface area contributed by atoms with Crippen molar-refractivity contribution in [3.05, 3.63) is 42.5 Å². The standard InChI is InChI=1S/C17H17NO3S2/c1-22-13-4-2-12(3-5-13)18-17(19)11-23-14-6-7-15-16(10-14)21-9-8-20-15/h2-7,10H,8-9,11H2,1H3,(H,18,19). The Morgan fingerprint density at radius 2 is 1.74 bits per heavy atom. The average molecular weight is 347 g/mol. The van der Waals surface area contributed by atoms with Gasteiger partial charge in [0.25, 0.3) is 0 Å². The van der Waals surface area contributed by atoms with Gasteiger partial charge in [0, 0.05) is 15.5 Å². The summed E-state index contributed by atoms with van der Waals surface area (Å²) in [5, 5.41) is 2.90. The summed E-state index contributed by atoms with van der Waals surface area (Å²) in [4.78, 5) is 14.2. The summed E-state index contributed by atoms with van der Waals surface area (Å²) >= 11 is 3.15. The lowest BCUT2D eigenvalue weighted by Crippen LogP contribution is -2.15. The summed E-state index contributed by atoms with van der Waals surface area (Å²) in [5.41, 5.74) is 0.815. The molecule has 0 bridgehead atoms. The molecular formula is C17H17NO3S2. The molecule has 0 radical (unpaired) electrons. The number of fused-ring (bicyclic) bond motifs is 1. The maximum absolute atomic E-state index is 12.0. The zero-order valence-electron chi connectivity index (χ0n) is 12.7. The zero-order chi connectivity index (χ0) is 16.1. The molecule has 6 heteroatoms. The van der Waals surface area contributed by atoms with Crippen molar-refractivity contribution in [2.75, 3.05) is 30.5 Å². The van der Waals surface area contributed by atoms with Crippen molar-refractivity contribution < 1.29 is 14.3 Å². The minimum absolute atomic E-state index is 0.0261. The van der Waals surface area contributed by atoms with Crippen LogP contribution in [0.3, 0.4) is 0 Å². The van der Waals surface area contributed by atoms with Gasteiger partial charge in [0.1, 0.15) is 13.2 Å². The van der Waals surface area contributed by atoms with Gasteiger partial charge in [0.2, 0.25) is 5.91 Å². The summed E-state index contributed by atoms with van der Waals surface area (Å²) in [5.74, 6) is 1.83. The average Bonchev–Trinajstić information content (AvgIpc) is 2.60. The maximum atomic E-state index is 12.0. The molecular weight excluding hydrogens is 330 g/mol. The number of nitrogens with one attached hydrogen (secondary N) is 1. The molecule has 0 fully saturated rings. The van der Waals surface area contributed by atoms with E-state index in [2.05, 4.69) is 5.32 Å². The van der Waals surface area contributed by atoms with Crippen LogP contribution in [0.5, 0.6) is 11.5 Å². The van der Waals surface area contributed by atoms with Gasteiger partial charge in [-0.2, -0.15) is 0 Å². The fourth-order valence-electron chi connectivity index (χ4n) is 2.13. The Morgan fingerprint density at radius 1 is 1.04 bits per heavy atom. The van der Waals surface area contributed by atoms with E-state index in [-0.39, 0.29) is 5.91 Å². The van der Waals surface area contributed by atoms with Gasteiger partial charge in [-0.3, -0.25) is 4.79 Å². The number of hydrogen-bond acceptors (Lipinski definition) is 5. The van der Waals surface area contributed by atoms with Gasteiger partial charge in [0.05, 0.1) is 5.75 Å². The Bertz CT molecular complexity index is 689. The van der Waals surface area contributed by atoms with Crippen molar-refractivity contribution in [3.63, 3.8) is 0 Å². The van der Waals surface area contributed by atoms with Gasteiger partial charge in [0.15, 0.2) is 11.5 Å². The molecule has 0 atom stereocenters. The summed E-state index contributed by atoms with van der Waals surface area (Å²) in [6, 6.07) is 13.6. The first-order valence-electron chi connectivity index (χ1n) is 7.21. The molecule has 0 spiro atoms. The first-order valence-corrected chi connectivity index (χ1v) is 9.42. The second kappa shape index (κ2) is 7.66. The van der Waals surface area contributed by atoms with Crippen molar-refractivity contribution in [1.29, 1.82) is 0 Å². The number of carbonyl (C=O) groups excluding carboxylic acids is 1. The Labute approximate surface area is 143 Å². The maximum Gasteiger partial charge on any atom is 0.234 e. The number of anilines is 1. The van der Waals surface area contributed by atoms with Crippen molar-refractivity contribution in [1.82, 2.24) is 0 Å². The SMILES string of the molecule is CSc1ccc(NC(=O)CSc2ccc3c(c2)OCCO3)cc1. The van der Waals surface area contributed by atoms with Crippen LogP contribution in [0.25, 0.3) is 0 Å². The molecule has 1 amide bonds. The largest absolute Gasteiger partial charge is 0.486 e. The molecule has 0 unspecified atom stereocenters. The number of amides is 1. The van der Waals surface area contributed by atoms with Crippen molar-refractivity contribution >= 4 is 35.1 Å². The molecule has 1 heterocycles. The minimum atomic E-state index is -0.0261. The quantitative estimate of drug-likeness (QED) is 0.831. The Morgan fingerprint density at radius 3 is 2.48 bits per heavy atom. The lowest BCUT2D eigenvalue weighted by Gasteiger charge is -2.18. The molecule has 2 aromatic rings. The monoisotopic (exact) mass is 347 g/mol. The second-order valence-electron chi connectivity index (χ2n) is 4.87. The molecule has 0 saturated heterocycles. The summed E-state index contributed by atoms with van der Waals surface area (Å²) < 4.78 is 11.0.